The Morgan fingerprint density at radius 2 is 2.35 bits per heavy atom. The fourth-order valence-electron chi connectivity index (χ4n) is 2.46. The average molecular weight is 279 g/mol. The largest absolute Gasteiger partial charge is 0.377 e. The van der Waals surface area contributed by atoms with Gasteiger partial charge in [-0.05, 0) is 19.5 Å². The maximum Gasteiger partial charge on any atom is 0.295 e. The zero-order chi connectivity index (χ0) is 14.5. The van der Waals surface area contributed by atoms with E-state index >= 15 is 0 Å². The third kappa shape index (κ3) is 3.46. The fourth-order valence-corrected chi connectivity index (χ4v) is 2.46. The van der Waals surface area contributed by atoms with Crippen molar-refractivity contribution in [1.82, 2.24) is 4.90 Å². The monoisotopic (exact) mass is 279 g/mol. The molecule has 1 heterocycles. The van der Waals surface area contributed by atoms with Gasteiger partial charge in [0.05, 0.1) is 17.6 Å². The molecule has 6 nitrogen and oxygen atoms in total. The van der Waals surface area contributed by atoms with Gasteiger partial charge in [-0.3, -0.25) is 15.0 Å². The van der Waals surface area contributed by atoms with Gasteiger partial charge in [-0.1, -0.05) is 19.1 Å². The number of anilines is 1. The van der Waals surface area contributed by atoms with Crippen molar-refractivity contribution in [2.45, 2.75) is 20.0 Å². The summed E-state index contributed by atoms with van der Waals surface area (Å²) in [5.74, 6) is 0. The molecule has 1 aliphatic rings. The number of hydrogen-bond acceptors (Lipinski definition) is 5. The van der Waals surface area contributed by atoms with E-state index < -0.39 is 0 Å². The summed E-state index contributed by atoms with van der Waals surface area (Å²) in [5.41, 5.74) is 1.38. The molecule has 1 aromatic carbocycles. The summed E-state index contributed by atoms with van der Waals surface area (Å²) in [7, 11) is 0. The van der Waals surface area contributed by atoms with E-state index in [1.807, 2.05) is 6.07 Å². The molecule has 0 bridgehead atoms. The average Bonchev–Trinajstić information content (AvgIpc) is 2.45. The molecule has 1 aliphatic heterocycles. The lowest BCUT2D eigenvalue weighted by Gasteiger charge is -2.32. The van der Waals surface area contributed by atoms with Gasteiger partial charge in [-0.2, -0.15) is 0 Å². The lowest BCUT2D eigenvalue weighted by molar-refractivity contribution is -0.384. The van der Waals surface area contributed by atoms with E-state index in [1.165, 1.54) is 0 Å². The molecule has 0 aromatic heterocycles. The van der Waals surface area contributed by atoms with Gasteiger partial charge < -0.3 is 10.1 Å². The van der Waals surface area contributed by atoms with Crippen LogP contribution in [0.5, 0.6) is 0 Å². The highest BCUT2D eigenvalue weighted by atomic mass is 16.6. The second kappa shape index (κ2) is 6.67. The molecule has 0 amide bonds. The summed E-state index contributed by atoms with van der Waals surface area (Å²) in [6.45, 7) is 8.00. The zero-order valence-electron chi connectivity index (χ0n) is 12.0. The Morgan fingerprint density at radius 3 is 3.05 bits per heavy atom. The molecule has 0 aliphatic carbocycles. The number of rotatable bonds is 5. The number of nitro benzene ring substituents is 1. The Labute approximate surface area is 118 Å². The highest BCUT2D eigenvalue weighted by molar-refractivity contribution is 5.65. The molecule has 1 fully saturated rings. The fraction of sp³-hybridized carbons (Fsp3) is 0.571. The molecule has 1 saturated heterocycles. The number of nitro groups is 1. The first-order valence-electron chi connectivity index (χ1n) is 6.93. The van der Waals surface area contributed by atoms with Crippen LogP contribution >= 0.6 is 0 Å². The predicted molar refractivity (Wildman–Crippen MR) is 78.2 cm³/mol. The van der Waals surface area contributed by atoms with E-state index in [0.717, 1.165) is 26.2 Å². The Kier molecular flexibility index (Phi) is 4.92. The van der Waals surface area contributed by atoms with Gasteiger partial charge in [0.1, 0.15) is 5.69 Å². The lowest BCUT2D eigenvalue weighted by Crippen LogP contribution is -2.45. The summed E-state index contributed by atoms with van der Waals surface area (Å²) < 4.78 is 5.69. The van der Waals surface area contributed by atoms with Gasteiger partial charge in [0, 0.05) is 25.2 Å². The predicted octanol–water partition coefficient (Wildman–Crippen LogP) is 2.04. The molecule has 1 unspecified atom stereocenters. The molecule has 0 radical (unpaired) electrons. The minimum Gasteiger partial charge on any atom is -0.377 e. The van der Waals surface area contributed by atoms with Gasteiger partial charge in [-0.15, -0.1) is 0 Å². The van der Waals surface area contributed by atoms with Gasteiger partial charge in [0.25, 0.3) is 5.69 Å². The number of hydrogen-bond donors (Lipinski definition) is 1. The second-order valence-electron chi connectivity index (χ2n) is 5.00. The molecular formula is C14H21N3O3. The second-order valence-corrected chi connectivity index (χ2v) is 5.00. The van der Waals surface area contributed by atoms with Crippen LogP contribution < -0.4 is 5.32 Å². The van der Waals surface area contributed by atoms with Crippen LogP contribution in [0.2, 0.25) is 0 Å². The summed E-state index contributed by atoms with van der Waals surface area (Å²) in [6.07, 6.45) is 0.0730. The van der Waals surface area contributed by atoms with Crippen molar-refractivity contribution >= 4 is 11.4 Å². The highest BCUT2D eigenvalue weighted by Gasteiger charge is 2.21. The van der Waals surface area contributed by atoms with Crippen molar-refractivity contribution in [3.8, 4) is 0 Å². The van der Waals surface area contributed by atoms with Crippen LogP contribution in [0.1, 0.15) is 12.5 Å². The van der Waals surface area contributed by atoms with E-state index in [0.29, 0.717) is 17.8 Å². The van der Waals surface area contributed by atoms with Crippen molar-refractivity contribution in [1.29, 1.82) is 0 Å². The van der Waals surface area contributed by atoms with Crippen LogP contribution in [0, 0.1) is 17.0 Å². The van der Waals surface area contributed by atoms with Crippen molar-refractivity contribution in [2.75, 3.05) is 38.1 Å². The van der Waals surface area contributed by atoms with Gasteiger partial charge in [-0.25, -0.2) is 0 Å². The molecule has 1 N–H and O–H groups in total. The van der Waals surface area contributed by atoms with Crippen LogP contribution in [0.3, 0.4) is 0 Å². The minimum absolute atomic E-state index is 0.0730. The number of nitrogens with zero attached hydrogens (tertiary/aromatic N) is 2. The number of benzene rings is 1. The first-order valence-corrected chi connectivity index (χ1v) is 6.93. The smallest absolute Gasteiger partial charge is 0.295 e. The van der Waals surface area contributed by atoms with Crippen molar-refractivity contribution < 1.29 is 9.66 Å². The molecule has 0 spiro atoms. The number of likely N-dealkylation sites (N-methyl/N-ethyl adjacent to an activating group) is 1. The third-order valence-electron chi connectivity index (χ3n) is 3.61. The molecule has 0 saturated carbocycles. The molecular weight excluding hydrogens is 258 g/mol. The first kappa shape index (κ1) is 14.7. The normalized spacial score (nSPS) is 19.8. The molecule has 6 heteroatoms. The molecule has 1 aromatic rings. The van der Waals surface area contributed by atoms with E-state index in [2.05, 4.69) is 17.1 Å². The number of nitrogens with one attached hydrogen (secondary N) is 1. The maximum absolute atomic E-state index is 11.1. The Hall–Kier alpha value is -1.66. The topological polar surface area (TPSA) is 67.6 Å². The van der Waals surface area contributed by atoms with Crippen LogP contribution in [-0.4, -0.2) is 48.7 Å². The van der Waals surface area contributed by atoms with E-state index in [1.54, 1.807) is 19.1 Å². The number of ether oxygens (including phenoxy) is 1. The van der Waals surface area contributed by atoms with E-state index in [4.69, 9.17) is 4.74 Å². The summed E-state index contributed by atoms with van der Waals surface area (Å²) >= 11 is 0. The molecule has 1 atom stereocenters. The molecule has 20 heavy (non-hydrogen) atoms. The minimum atomic E-state index is -0.336. The van der Waals surface area contributed by atoms with E-state index in [9.17, 15) is 10.1 Å². The van der Waals surface area contributed by atoms with Crippen LogP contribution in [0.4, 0.5) is 11.4 Å². The summed E-state index contributed by atoms with van der Waals surface area (Å²) in [4.78, 5) is 13.1. The molecule has 110 valence electrons. The van der Waals surface area contributed by atoms with Gasteiger partial charge in [0.15, 0.2) is 0 Å². The molecule has 2 rings (SSSR count). The van der Waals surface area contributed by atoms with Gasteiger partial charge in [0.2, 0.25) is 0 Å². The highest BCUT2D eigenvalue weighted by Crippen LogP contribution is 2.27. The summed E-state index contributed by atoms with van der Waals surface area (Å²) in [5, 5.41) is 14.3. The quantitative estimate of drug-likeness (QED) is 0.660. The maximum atomic E-state index is 11.1. The lowest BCUT2D eigenvalue weighted by atomic mass is 10.1. The third-order valence-corrected chi connectivity index (χ3v) is 3.61. The Bertz CT molecular complexity index is 479. The van der Waals surface area contributed by atoms with Gasteiger partial charge >= 0.3 is 0 Å². The SMILES string of the molecule is CCN1CCOC(CNc2cccc(C)c2[N+](=O)[O-])C1. The van der Waals surface area contributed by atoms with Crippen molar-refractivity contribution in [3.63, 3.8) is 0 Å². The Balaban J connectivity index is 2.00. The van der Waals surface area contributed by atoms with Crippen molar-refractivity contribution in [3.05, 3.63) is 33.9 Å². The number of morpholine rings is 1. The van der Waals surface area contributed by atoms with Crippen LogP contribution in [0.15, 0.2) is 18.2 Å². The summed E-state index contributed by atoms with van der Waals surface area (Å²) in [6, 6.07) is 5.32. The first-order chi connectivity index (χ1) is 9.61. The van der Waals surface area contributed by atoms with Crippen molar-refractivity contribution in [2.24, 2.45) is 0 Å². The Morgan fingerprint density at radius 1 is 1.55 bits per heavy atom. The van der Waals surface area contributed by atoms with Crippen LogP contribution in [-0.2, 0) is 4.74 Å². The number of aryl methyl sites for hydroxylation is 1. The standard InChI is InChI=1S/C14H21N3O3/c1-3-16-7-8-20-12(10-16)9-15-13-6-4-5-11(2)14(13)17(18)19/h4-6,12,15H,3,7-10H2,1-2H3. The number of para-hydroxylation sites is 1. The van der Waals surface area contributed by atoms with E-state index in [-0.39, 0.29) is 16.7 Å². The zero-order valence-corrected chi connectivity index (χ0v) is 12.0. The van der Waals surface area contributed by atoms with Crippen LogP contribution in [0.25, 0.3) is 0 Å².